The number of hydrogen-bond donors (Lipinski definition) is 1. The molecule has 7 heteroatoms. The zero-order chi connectivity index (χ0) is 14.1. The van der Waals surface area contributed by atoms with E-state index in [1.807, 2.05) is 12.1 Å². The number of aromatic nitrogens is 2. The van der Waals surface area contributed by atoms with Crippen LogP contribution in [0.5, 0.6) is 11.6 Å². The molecule has 0 fully saturated rings. The van der Waals surface area contributed by atoms with Crippen LogP contribution in [0.4, 0.5) is 5.69 Å². The summed E-state index contributed by atoms with van der Waals surface area (Å²) < 4.78 is 6.84. The van der Waals surface area contributed by atoms with E-state index in [-0.39, 0.29) is 5.75 Å². The number of rotatable bonds is 2. The maximum Gasteiger partial charge on any atom is 0.240 e. The molecule has 20 heavy (non-hydrogen) atoms. The minimum atomic E-state index is 0.208. The third-order valence-corrected chi connectivity index (χ3v) is 4.26. The predicted octanol–water partition coefficient (Wildman–Crippen LogP) is 3.11. The molecule has 1 aliphatic heterocycles. The molecule has 3 rings (SSSR count). The minimum Gasteiger partial charge on any atom is -0.506 e. The van der Waals surface area contributed by atoms with E-state index in [1.54, 1.807) is 6.20 Å². The van der Waals surface area contributed by atoms with Crippen LogP contribution in [0.2, 0.25) is 0 Å². The average molecular weight is 401 g/mol. The third-order valence-electron chi connectivity index (χ3n) is 3.05. The Hall–Kier alpha value is -1.34. The van der Waals surface area contributed by atoms with E-state index >= 15 is 0 Å². The van der Waals surface area contributed by atoms with E-state index in [9.17, 15) is 5.11 Å². The number of benzene rings is 1. The molecule has 2 aromatic rings. The Kier molecular flexibility index (Phi) is 3.80. The number of phenolic OH excluding ortho intramolecular Hbond substituents is 1. The third kappa shape index (κ3) is 2.60. The molecule has 0 amide bonds. The van der Waals surface area contributed by atoms with E-state index in [2.05, 4.69) is 46.7 Å². The van der Waals surface area contributed by atoms with Crippen LogP contribution in [-0.2, 0) is 6.54 Å². The van der Waals surface area contributed by atoms with Crippen molar-refractivity contribution < 1.29 is 9.84 Å². The SMILES string of the molecule is Oc1c(Br)cc(CN2CCOc3ncncc32)cc1Br. The molecule has 0 radical (unpaired) electrons. The molecule has 1 aliphatic rings. The number of aromatic hydroxyl groups is 1. The van der Waals surface area contributed by atoms with Gasteiger partial charge in [0.1, 0.15) is 24.4 Å². The number of ether oxygens (including phenoxy) is 1. The van der Waals surface area contributed by atoms with Gasteiger partial charge in [-0.05, 0) is 49.6 Å². The van der Waals surface area contributed by atoms with Crippen molar-refractivity contribution in [1.82, 2.24) is 9.97 Å². The fourth-order valence-electron chi connectivity index (χ4n) is 2.11. The van der Waals surface area contributed by atoms with Gasteiger partial charge in [0.2, 0.25) is 5.88 Å². The summed E-state index contributed by atoms with van der Waals surface area (Å²) in [7, 11) is 0. The topological polar surface area (TPSA) is 58.5 Å². The lowest BCUT2D eigenvalue weighted by molar-refractivity contribution is 0.293. The molecular weight excluding hydrogens is 390 g/mol. The van der Waals surface area contributed by atoms with Crippen LogP contribution in [0.1, 0.15) is 5.56 Å². The van der Waals surface area contributed by atoms with E-state index in [4.69, 9.17) is 4.74 Å². The van der Waals surface area contributed by atoms with E-state index in [0.717, 1.165) is 17.8 Å². The molecule has 1 aromatic carbocycles. The first kappa shape index (κ1) is 13.6. The largest absolute Gasteiger partial charge is 0.506 e. The van der Waals surface area contributed by atoms with Gasteiger partial charge in [0.05, 0.1) is 21.7 Å². The van der Waals surface area contributed by atoms with Crippen LogP contribution in [-0.4, -0.2) is 28.2 Å². The zero-order valence-corrected chi connectivity index (χ0v) is 13.6. The normalized spacial score (nSPS) is 13.8. The van der Waals surface area contributed by atoms with Gasteiger partial charge in [-0.3, -0.25) is 0 Å². The smallest absolute Gasteiger partial charge is 0.240 e. The molecule has 1 N–H and O–H groups in total. The number of nitrogens with zero attached hydrogens (tertiary/aromatic N) is 3. The molecule has 0 spiro atoms. The first-order chi connectivity index (χ1) is 9.65. The highest BCUT2D eigenvalue weighted by Gasteiger charge is 2.20. The summed E-state index contributed by atoms with van der Waals surface area (Å²) >= 11 is 6.69. The van der Waals surface area contributed by atoms with Crippen LogP contribution < -0.4 is 9.64 Å². The molecule has 0 atom stereocenters. The van der Waals surface area contributed by atoms with Crippen molar-refractivity contribution in [2.45, 2.75) is 6.54 Å². The summed E-state index contributed by atoms with van der Waals surface area (Å²) in [6.07, 6.45) is 3.24. The Bertz CT molecular complexity index is 628. The summed E-state index contributed by atoms with van der Waals surface area (Å²) in [5.74, 6) is 0.822. The molecular formula is C13H11Br2N3O2. The lowest BCUT2D eigenvalue weighted by Gasteiger charge is -2.30. The molecule has 0 saturated heterocycles. The van der Waals surface area contributed by atoms with Gasteiger partial charge >= 0.3 is 0 Å². The van der Waals surface area contributed by atoms with Gasteiger partial charge < -0.3 is 14.7 Å². The molecule has 0 bridgehead atoms. The van der Waals surface area contributed by atoms with Crippen molar-refractivity contribution in [2.75, 3.05) is 18.1 Å². The lowest BCUT2D eigenvalue weighted by atomic mass is 10.2. The van der Waals surface area contributed by atoms with E-state index in [0.29, 0.717) is 28.0 Å². The minimum absolute atomic E-state index is 0.208. The monoisotopic (exact) mass is 399 g/mol. The van der Waals surface area contributed by atoms with Gasteiger partial charge in [0.25, 0.3) is 0 Å². The first-order valence-electron chi connectivity index (χ1n) is 6.00. The van der Waals surface area contributed by atoms with Gasteiger partial charge in [0, 0.05) is 6.54 Å². The first-order valence-corrected chi connectivity index (χ1v) is 7.58. The van der Waals surface area contributed by atoms with Crippen molar-refractivity contribution in [3.63, 3.8) is 0 Å². The van der Waals surface area contributed by atoms with Gasteiger partial charge in [-0.15, -0.1) is 0 Å². The molecule has 104 valence electrons. The number of halogens is 2. The van der Waals surface area contributed by atoms with Crippen LogP contribution >= 0.6 is 31.9 Å². The zero-order valence-electron chi connectivity index (χ0n) is 10.4. The van der Waals surface area contributed by atoms with Gasteiger partial charge in [-0.1, -0.05) is 0 Å². The quantitative estimate of drug-likeness (QED) is 0.839. The number of hydrogen-bond acceptors (Lipinski definition) is 5. The highest BCUT2D eigenvalue weighted by Crippen LogP contribution is 2.35. The van der Waals surface area contributed by atoms with Crippen LogP contribution in [0.15, 0.2) is 33.6 Å². The van der Waals surface area contributed by atoms with Crippen molar-refractivity contribution >= 4 is 37.5 Å². The highest BCUT2D eigenvalue weighted by molar-refractivity contribution is 9.11. The number of anilines is 1. The summed E-state index contributed by atoms with van der Waals surface area (Å²) in [6, 6.07) is 3.80. The number of fused-ring (bicyclic) bond motifs is 1. The standard InChI is InChI=1S/C13H11Br2N3O2/c14-9-3-8(4-10(15)12(9)19)6-18-1-2-20-13-11(18)5-16-7-17-13/h3-5,7,19H,1-2,6H2. The Morgan fingerprint density at radius 3 is 2.80 bits per heavy atom. The highest BCUT2D eigenvalue weighted by atomic mass is 79.9. The van der Waals surface area contributed by atoms with Gasteiger partial charge in [0.15, 0.2) is 0 Å². The summed E-state index contributed by atoms with van der Waals surface area (Å²) in [5, 5.41) is 9.75. The number of phenols is 1. The van der Waals surface area contributed by atoms with Crippen molar-refractivity contribution in [3.05, 3.63) is 39.2 Å². The second-order valence-electron chi connectivity index (χ2n) is 4.39. The Labute approximate surface area is 132 Å². The van der Waals surface area contributed by atoms with Crippen molar-refractivity contribution in [2.24, 2.45) is 0 Å². The van der Waals surface area contributed by atoms with Gasteiger partial charge in [-0.25, -0.2) is 4.98 Å². The fourth-order valence-corrected chi connectivity index (χ4v) is 3.39. The average Bonchev–Trinajstić information content (AvgIpc) is 2.45. The van der Waals surface area contributed by atoms with Crippen LogP contribution in [0, 0.1) is 0 Å². The Balaban J connectivity index is 1.89. The maximum absolute atomic E-state index is 9.75. The van der Waals surface area contributed by atoms with Crippen LogP contribution in [0.3, 0.4) is 0 Å². The summed E-state index contributed by atoms with van der Waals surface area (Å²) in [4.78, 5) is 10.3. The molecule has 0 unspecified atom stereocenters. The molecule has 0 aliphatic carbocycles. The Morgan fingerprint density at radius 2 is 2.05 bits per heavy atom. The summed E-state index contributed by atoms with van der Waals surface area (Å²) in [5.41, 5.74) is 1.96. The molecule has 0 saturated carbocycles. The Morgan fingerprint density at radius 1 is 1.30 bits per heavy atom. The fraction of sp³-hybridized carbons (Fsp3) is 0.231. The van der Waals surface area contributed by atoms with Crippen molar-refractivity contribution in [1.29, 1.82) is 0 Å². The molecule has 2 heterocycles. The van der Waals surface area contributed by atoms with Crippen molar-refractivity contribution in [3.8, 4) is 11.6 Å². The second kappa shape index (κ2) is 5.57. The predicted molar refractivity (Wildman–Crippen MR) is 82.1 cm³/mol. The maximum atomic E-state index is 9.75. The van der Waals surface area contributed by atoms with E-state index in [1.165, 1.54) is 6.33 Å². The van der Waals surface area contributed by atoms with E-state index < -0.39 is 0 Å². The lowest BCUT2D eigenvalue weighted by Crippen LogP contribution is -2.32. The molecule has 1 aromatic heterocycles. The van der Waals surface area contributed by atoms with Gasteiger partial charge in [-0.2, -0.15) is 4.98 Å². The van der Waals surface area contributed by atoms with Crippen LogP contribution in [0.25, 0.3) is 0 Å². The second-order valence-corrected chi connectivity index (χ2v) is 6.10. The molecule has 5 nitrogen and oxygen atoms in total. The summed E-state index contributed by atoms with van der Waals surface area (Å²) in [6.45, 7) is 2.07.